The van der Waals surface area contributed by atoms with E-state index in [9.17, 15) is 17.9 Å². The largest absolute Gasteiger partial charge is 0.443 e. The van der Waals surface area contributed by atoms with Gasteiger partial charge in [-0.1, -0.05) is 0 Å². The van der Waals surface area contributed by atoms with Crippen LogP contribution >= 0.6 is 0 Å². The maximum Gasteiger partial charge on any atom is 0.276 e. The van der Waals surface area contributed by atoms with E-state index in [4.69, 9.17) is 4.42 Å². The Hall–Kier alpha value is -2.23. The monoisotopic (exact) mass is 351 g/mol. The van der Waals surface area contributed by atoms with E-state index in [1.807, 2.05) is 0 Å². The van der Waals surface area contributed by atoms with Crippen LogP contribution in [-0.2, 0) is 22.7 Å². The van der Waals surface area contributed by atoms with Gasteiger partial charge in [0, 0.05) is 24.7 Å². The minimum atomic E-state index is -3.90. The van der Waals surface area contributed by atoms with Gasteiger partial charge in [-0.3, -0.25) is 4.68 Å². The van der Waals surface area contributed by atoms with Gasteiger partial charge in [0.25, 0.3) is 10.0 Å². The molecule has 1 fully saturated rings. The van der Waals surface area contributed by atoms with E-state index in [0.717, 1.165) is 4.31 Å². The fourth-order valence-corrected chi connectivity index (χ4v) is 4.44. The highest BCUT2D eigenvalue weighted by Gasteiger charge is 2.50. The summed E-state index contributed by atoms with van der Waals surface area (Å²) < 4.78 is 46.4. The Bertz CT molecular complexity index is 1030. The predicted molar refractivity (Wildman–Crippen MR) is 82.0 cm³/mol. The maximum atomic E-state index is 13.2. The topological polar surface area (TPSA) is 88.6 Å². The molecular formula is C15H14FN3O4S. The highest BCUT2D eigenvalue weighted by Crippen LogP contribution is 2.36. The Morgan fingerprint density at radius 1 is 1.29 bits per heavy atom. The number of nitrogens with zero attached hydrogens (tertiary/aromatic N) is 3. The molecule has 2 aromatic heterocycles. The number of rotatable bonds is 3. The van der Waals surface area contributed by atoms with Crippen molar-refractivity contribution in [3.63, 3.8) is 0 Å². The number of aromatic nitrogens is 2. The number of β-amino-alcohol motifs (C(OH)–C–C–N with tert-alkyl or cyclic N) is 1. The van der Waals surface area contributed by atoms with Crippen molar-refractivity contribution < 1.29 is 22.3 Å². The van der Waals surface area contributed by atoms with Crippen molar-refractivity contribution in [2.24, 2.45) is 7.05 Å². The normalized spacial score (nSPS) is 18.0. The van der Waals surface area contributed by atoms with E-state index in [1.54, 1.807) is 13.1 Å². The van der Waals surface area contributed by atoms with Crippen LogP contribution in [0, 0.1) is 5.82 Å². The fourth-order valence-electron chi connectivity index (χ4n) is 2.94. The van der Waals surface area contributed by atoms with E-state index in [-0.39, 0.29) is 23.8 Å². The van der Waals surface area contributed by atoms with Crippen LogP contribution in [0.2, 0.25) is 0 Å². The minimum absolute atomic E-state index is 0.0970. The number of benzene rings is 1. The molecule has 1 N–H and O–H groups in total. The van der Waals surface area contributed by atoms with Gasteiger partial charge in [0.2, 0.25) is 5.09 Å². The predicted octanol–water partition coefficient (Wildman–Crippen LogP) is 1.20. The molecule has 3 heterocycles. The van der Waals surface area contributed by atoms with E-state index in [2.05, 4.69) is 5.10 Å². The van der Waals surface area contributed by atoms with Crippen molar-refractivity contribution in [1.29, 1.82) is 0 Å². The summed E-state index contributed by atoms with van der Waals surface area (Å²) in [6, 6.07) is 6.72. The summed E-state index contributed by atoms with van der Waals surface area (Å²) in [6.45, 7) is -0.194. The number of hydrogen-bond donors (Lipinski definition) is 1. The molecule has 1 aliphatic rings. The fraction of sp³-hybridized carbons (Fsp3) is 0.267. The van der Waals surface area contributed by atoms with E-state index >= 15 is 0 Å². The van der Waals surface area contributed by atoms with Gasteiger partial charge in [-0.15, -0.1) is 0 Å². The zero-order chi connectivity index (χ0) is 17.1. The van der Waals surface area contributed by atoms with Gasteiger partial charge in [-0.25, -0.2) is 12.8 Å². The second-order valence-corrected chi connectivity index (χ2v) is 7.76. The average Bonchev–Trinajstić information content (AvgIpc) is 3.10. The number of sulfonamides is 1. The van der Waals surface area contributed by atoms with Gasteiger partial charge in [-0.05, 0) is 24.3 Å². The van der Waals surface area contributed by atoms with Crippen LogP contribution in [0.3, 0.4) is 0 Å². The van der Waals surface area contributed by atoms with E-state index in [0.29, 0.717) is 11.1 Å². The molecule has 4 rings (SSSR count). The third-order valence-electron chi connectivity index (χ3n) is 4.22. The van der Waals surface area contributed by atoms with Crippen molar-refractivity contribution in [3.05, 3.63) is 48.0 Å². The van der Waals surface area contributed by atoms with Gasteiger partial charge in [0.1, 0.15) is 17.0 Å². The molecule has 24 heavy (non-hydrogen) atoms. The second-order valence-electron chi connectivity index (χ2n) is 5.89. The van der Waals surface area contributed by atoms with Gasteiger partial charge < -0.3 is 9.52 Å². The van der Waals surface area contributed by atoms with Crippen LogP contribution in [0.1, 0.15) is 5.69 Å². The quantitative estimate of drug-likeness (QED) is 0.766. The van der Waals surface area contributed by atoms with Crippen LogP contribution in [-0.4, -0.2) is 40.7 Å². The highest BCUT2D eigenvalue weighted by molar-refractivity contribution is 7.89. The summed E-state index contributed by atoms with van der Waals surface area (Å²) >= 11 is 0. The van der Waals surface area contributed by atoms with Gasteiger partial charge in [0.15, 0.2) is 0 Å². The Morgan fingerprint density at radius 3 is 2.71 bits per heavy atom. The molecule has 1 aromatic carbocycles. The number of aliphatic hydroxyl groups is 1. The zero-order valence-corrected chi connectivity index (χ0v) is 13.5. The number of fused-ring (bicyclic) bond motifs is 1. The first-order valence-corrected chi connectivity index (χ1v) is 8.64. The molecule has 9 heteroatoms. The summed E-state index contributed by atoms with van der Waals surface area (Å²) in [5, 5.41) is 14.6. The lowest BCUT2D eigenvalue weighted by molar-refractivity contribution is -0.0711. The number of aryl methyl sites for hydroxylation is 1. The molecule has 0 radical (unpaired) electrons. The molecule has 126 valence electrons. The van der Waals surface area contributed by atoms with Crippen molar-refractivity contribution in [2.75, 3.05) is 13.1 Å². The van der Waals surface area contributed by atoms with Gasteiger partial charge >= 0.3 is 0 Å². The van der Waals surface area contributed by atoms with Gasteiger partial charge in [-0.2, -0.15) is 9.40 Å². The highest BCUT2D eigenvalue weighted by atomic mass is 32.2. The number of halogens is 1. The van der Waals surface area contributed by atoms with Crippen molar-refractivity contribution in [1.82, 2.24) is 14.1 Å². The molecule has 3 aromatic rings. The first-order valence-electron chi connectivity index (χ1n) is 7.20. The van der Waals surface area contributed by atoms with Crippen LogP contribution < -0.4 is 0 Å². The Kier molecular flexibility index (Phi) is 3.11. The van der Waals surface area contributed by atoms with Crippen molar-refractivity contribution in [2.45, 2.75) is 10.7 Å². The smallest absolute Gasteiger partial charge is 0.276 e. The van der Waals surface area contributed by atoms with Crippen LogP contribution in [0.4, 0.5) is 4.39 Å². The molecule has 0 unspecified atom stereocenters. The Balaban J connectivity index is 1.63. The standard InChI is InChI=1S/C15H14FN3O4S/c1-18-13(4-5-17-18)15(20)8-19(9-15)24(21,22)14-7-10-6-11(16)2-3-12(10)23-14/h2-7,20H,8-9H2,1H3. The molecule has 7 nitrogen and oxygen atoms in total. The molecule has 0 spiro atoms. The lowest BCUT2D eigenvalue weighted by atomic mass is 9.93. The van der Waals surface area contributed by atoms with E-state index < -0.39 is 21.4 Å². The molecule has 0 amide bonds. The first-order chi connectivity index (χ1) is 11.3. The summed E-state index contributed by atoms with van der Waals surface area (Å²) in [6.07, 6.45) is 1.54. The lowest BCUT2D eigenvalue weighted by Gasteiger charge is -2.44. The molecule has 0 bridgehead atoms. The first kappa shape index (κ1) is 15.3. The molecular weight excluding hydrogens is 337 g/mol. The Morgan fingerprint density at radius 2 is 2.04 bits per heavy atom. The summed E-state index contributed by atoms with van der Waals surface area (Å²) in [7, 11) is -2.22. The molecule has 0 saturated carbocycles. The van der Waals surface area contributed by atoms with Crippen LogP contribution in [0.25, 0.3) is 11.0 Å². The SMILES string of the molecule is Cn1nccc1C1(O)CN(S(=O)(=O)c2cc3cc(F)ccc3o2)C1. The van der Waals surface area contributed by atoms with Gasteiger partial charge in [0.05, 0.1) is 18.8 Å². The lowest BCUT2D eigenvalue weighted by Crippen LogP contribution is -2.61. The maximum absolute atomic E-state index is 13.2. The van der Waals surface area contributed by atoms with Crippen LogP contribution in [0.5, 0.6) is 0 Å². The summed E-state index contributed by atoms with van der Waals surface area (Å²) in [5.41, 5.74) is -0.450. The molecule has 1 aliphatic heterocycles. The molecule has 0 aliphatic carbocycles. The van der Waals surface area contributed by atoms with Crippen molar-refractivity contribution >= 4 is 21.0 Å². The zero-order valence-electron chi connectivity index (χ0n) is 12.7. The number of furan rings is 1. The van der Waals surface area contributed by atoms with Crippen LogP contribution in [0.15, 0.2) is 46.0 Å². The number of hydrogen-bond acceptors (Lipinski definition) is 5. The molecule has 1 saturated heterocycles. The van der Waals surface area contributed by atoms with Crippen molar-refractivity contribution in [3.8, 4) is 0 Å². The average molecular weight is 351 g/mol. The minimum Gasteiger partial charge on any atom is -0.443 e. The van der Waals surface area contributed by atoms with E-state index in [1.165, 1.54) is 35.1 Å². The molecule has 0 atom stereocenters. The Labute approximate surface area is 137 Å². The summed E-state index contributed by atoms with van der Waals surface area (Å²) in [4.78, 5) is 0. The second kappa shape index (κ2) is 4.88. The third-order valence-corrected chi connectivity index (χ3v) is 5.87. The third kappa shape index (κ3) is 2.16. The summed E-state index contributed by atoms with van der Waals surface area (Å²) in [5.74, 6) is -0.471.